The lowest BCUT2D eigenvalue weighted by Gasteiger charge is -2.28. The molecule has 182 valence electrons. The topological polar surface area (TPSA) is 93.1 Å². The van der Waals surface area contributed by atoms with Gasteiger partial charge in [0.15, 0.2) is 5.78 Å². The molecule has 2 rings (SSSR count). The van der Waals surface area contributed by atoms with Gasteiger partial charge in [-0.05, 0) is 46.0 Å². The number of rotatable bonds is 2. The zero-order valence-electron chi connectivity index (χ0n) is 20.6. The Kier molecular flexibility index (Phi) is 9.26. The average molecular weight is 451 g/mol. The van der Waals surface area contributed by atoms with Gasteiger partial charge in [0.05, 0.1) is 17.8 Å². The van der Waals surface area contributed by atoms with E-state index in [1.165, 1.54) is 13.0 Å². The van der Waals surface area contributed by atoms with Gasteiger partial charge in [-0.25, -0.2) is 4.79 Å². The van der Waals surface area contributed by atoms with E-state index in [1.807, 2.05) is 26.8 Å². The summed E-state index contributed by atoms with van der Waals surface area (Å²) < 4.78 is 12.2. The molecule has 0 unspecified atom stereocenters. The van der Waals surface area contributed by atoms with Crippen molar-refractivity contribution in [1.82, 2.24) is 0 Å². The van der Waals surface area contributed by atoms with E-state index in [9.17, 15) is 19.8 Å². The fourth-order valence-electron chi connectivity index (χ4n) is 4.83. The van der Waals surface area contributed by atoms with E-state index in [-0.39, 0.29) is 48.3 Å². The molecule has 0 aromatic heterocycles. The van der Waals surface area contributed by atoms with Crippen molar-refractivity contribution in [2.24, 2.45) is 11.8 Å². The molecule has 1 saturated heterocycles. The van der Waals surface area contributed by atoms with Crippen LogP contribution in [0.3, 0.4) is 0 Å². The first-order chi connectivity index (χ1) is 14.8. The van der Waals surface area contributed by atoms with E-state index < -0.39 is 17.7 Å². The molecule has 0 bridgehead atoms. The molecule has 0 saturated carbocycles. The summed E-state index contributed by atoms with van der Waals surface area (Å²) in [6.45, 7) is 11.4. The molecule has 6 nitrogen and oxygen atoms in total. The Balaban J connectivity index is 2.27. The van der Waals surface area contributed by atoms with Crippen molar-refractivity contribution >= 4 is 11.8 Å². The highest BCUT2D eigenvalue weighted by Gasteiger charge is 2.44. The minimum atomic E-state index is -1.62. The monoisotopic (exact) mass is 450 g/mol. The molecule has 0 aromatic carbocycles. The lowest BCUT2D eigenvalue weighted by molar-refractivity contribution is -0.146. The van der Waals surface area contributed by atoms with Gasteiger partial charge in [-0.2, -0.15) is 0 Å². The first kappa shape index (κ1) is 26.7. The highest BCUT2D eigenvalue weighted by atomic mass is 16.6. The molecular weight excluding hydrogens is 408 g/mol. The third-order valence-corrected chi connectivity index (χ3v) is 6.78. The summed E-state index contributed by atoms with van der Waals surface area (Å²) in [6, 6.07) is 0. The number of carbonyl (C=O) groups is 2. The van der Waals surface area contributed by atoms with Crippen molar-refractivity contribution in [2.45, 2.75) is 116 Å². The molecule has 2 heterocycles. The van der Waals surface area contributed by atoms with E-state index in [0.717, 1.165) is 31.3 Å². The van der Waals surface area contributed by atoms with Crippen LogP contribution in [0, 0.1) is 11.8 Å². The molecule has 7 atom stereocenters. The fourth-order valence-corrected chi connectivity index (χ4v) is 4.83. The van der Waals surface area contributed by atoms with Crippen molar-refractivity contribution in [1.29, 1.82) is 0 Å². The van der Waals surface area contributed by atoms with Crippen LogP contribution in [0.4, 0.5) is 0 Å². The zero-order valence-corrected chi connectivity index (χ0v) is 20.6. The number of aliphatic hydroxyl groups excluding tert-OH is 1. The number of hydrogen-bond donors (Lipinski definition) is 2. The number of allylic oxidation sites excluding steroid dienone is 2. The van der Waals surface area contributed by atoms with E-state index >= 15 is 0 Å². The second-order valence-corrected chi connectivity index (χ2v) is 10.5. The largest absolute Gasteiger partial charge is 0.456 e. The van der Waals surface area contributed by atoms with Crippen molar-refractivity contribution in [3.63, 3.8) is 0 Å². The highest BCUT2D eigenvalue weighted by Crippen LogP contribution is 2.38. The second kappa shape index (κ2) is 11.1. The van der Waals surface area contributed by atoms with Crippen LogP contribution in [0.1, 0.15) is 86.5 Å². The maximum absolute atomic E-state index is 12.6. The van der Waals surface area contributed by atoms with Crippen LogP contribution in [0.2, 0.25) is 0 Å². The molecule has 2 aliphatic rings. The van der Waals surface area contributed by atoms with E-state index in [2.05, 4.69) is 13.8 Å². The summed E-state index contributed by atoms with van der Waals surface area (Å²) in [4.78, 5) is 25.1. The first-order valence-electron chi connectivity index (χ1n) is 12.0. The number of ether oxygens (including phenoxy) is 2. The highest BCUT2D eigenvalue weighted by molar-refractivity contribution is 5.87. The standard InChI is InChI=1S/C26H42O6/c1-7-12-25(5)16-22-21(32-25)10-8-17(2)13-19(4)20(27)15-26(6,30)23(28)14-18(3)9-11-24(29)31-22/h9,11,13,18-22,27,30H,7-8,10,12,14-16H2,1-6H3/b11-9-,17-13-/t18-,19-,20+,21+,22-,25-,26-/m1/s1. The van der Waals surface area contributed by atoms with Crippen LogP contribution in [0.25, 0.3) is 0 Å². The Hall–Kier alpha value is -1.50. The van der Waals surface area contributed by atoms with Crippen LogP contribution in [0.5, 0.6) is 0 Å². The van der Waals surface area contributed by atoms with Crippen LogP contribution < -0.4 is 0 Å². The SMILES string of the molecule is CCC[C@]1(C)C[C@H]2OC(=O)/C=C\[C@@H](C)CC(=O)[C@](C)(O)C[C@H](O)[C@H](C)/C=C(/C)CC[C@@H]2O1. The van der Waals surface area contributed by atoms with Gasteiger partial charge >= 0.3 is 5.97 Å². The van der Waals surface area contributed by atoms with Gasteiger partial charge in [-0.3, -0.25) is 4.79 Å². The van der Waals surface area contributed by atoms with Crippen molar-refractivity contribution in [2.75, 3.05) is 0 Å². The Morgan fingerprint density at radius 2 is 1.84 bits per heavy atom. The van der Waals surface area contributed by atoms with Crippen LogP contribution in [0.15, 0.2) is 23.8 Å². The molecule has 0 aliphatic carbocycles. The Morgan fingerprint density at radius 1 is 1.16 bits per heavy atom. The normalized spacial score (nSPS) is 43.0. The lowest BCUT2D eigenvalue weighted by atomic mass is 9.84. The Bertz CT molecular complexity index is 724. The maximum atomic E-state index is 12.6. The van der Waals surface area contributed by atoms with Crippen molar-refractivity contribution in [3.05, 3.63) is 23.8 Å². The summed E-state index contributed by atoms with van der Waals surface area (Å²) in [5, 5.41) is 21.3. The Labute approximate surface area is 193 Å². The molecule has 0 amide bonds. The minimum absolute atomic E-state index is 0.0293. The molecule has 2 aliphatic heterocycles. The molecule has 2 N–H and O–H groups in total. The van der Waals surface area contributed by atoms with Crippen molar-refractivity contribution < 1.29 is 29.3 Å². The molecule has 6 heteroatoms. The summed E-state index contributed by atoms with van der Waals surface area (Å²) in [5.41, 5.74) is -0.833. The molecule has 32 heavy (non-hydrogen) atoms. The lowest BCUT2D eigenvalue weighted by Crippen LogP contribution is -2.40. The van der Waals surface area contributed by atoms with Gasteiger partial charge in [0.25, 0.3) is 0 Å². The van der Waals surface area contributed by atoms with Gasteiger partial charge in [0.1, 0.15) is 11.7 Å². The third kappa shape index (κ3) is 7.53. The zero-order chi connectivity index (χ0) is 24.1. The average Bonchev–Trinajstić information content (AvgIpc) is 2.99. The molecule has 0 radical (unpaired) electrons. The van der Waals surface area contributed by atoms with Gasteiger partial charge in [0.2, 0.25) is 0 Å². The van der Waals surface area contributed by atoms with Crippen LogP contribution in [-0.2, 0) is 19.1 Å². The summed E-state index contributed by atoms with van der Waals surface area (Å²) in [5.74, 6) is -1.23. The van der Waals surface area contributed by atoms with E-state index in [4.69, 9.17) is 9.47 Å². The van der Waals surface area contributed by atoms with E-state index in [1.54, 1.807) is 6.08 Å². The summed E-state index contributed by atoms with van der Waals surface area (Å²) in [7, 11) is 0. The number of hydrogen-bond acceptors (Lipinski definition) is 6. The Morgan fingerprint density at radius 3 is 2.50 bits per heavy atom. The fraction of sp³-hybridized carbons (Fsp3) is 0.769. The predicted octanol–water partition coefficient (Wildman–Crippen LogP) is 4.28. The van der Waals surface area contributed by atoms with Gasteiger partial charge in [-0.15, -0.1) is 0 Å². The number of fused-ring (bicyclic) bond motifs is 1. The number of Topliss-reactive ketones (excluding diaryl/α,β-unsaturated/α-hetero) is 1. The summed E-state index contributed by atoms with van der Waals surface area (Å²) >= 11 is 0. The van der Waals surface area contributed by atoms with Gasteiger partial charge in [0, 0.05) is 31.3 Å². The minimum Gasteiger partial charge on any atom is -0.456 e. The third-order valence-electron chi connectivity index (χ3n) is 6.78. The number of aliphatic hydroxyl groups is 2. The first-order valence-corrected chi connectivity index (χ1v) is 12.0. The molecule has 0 spiro atoms. The molecule has 1 fully saturated rings. The number of ketones is 1. The predicted molar refractivity (Wildman–Crippen MR) is 124 cm³/mol. The van der Waals surface area contributed by atoms with Crippen LogP contribution >= 0.6 is 0 Å². The smallest absolute Gasteiger partial charge is 0.330 e. The molecular formula is C26H42O6. The quantitative estimate of drug-likeness (QED) is 0.482. The summed E-state index contributed by atoms with van der Waals surface area (Å²) in [6.07, 6.45) is 7.78. The van der Waals surface area contributed by atoms with Crippen molar-refractivity contribution in [3.8, 4) is 0 Å². The maximum Gasteiger partial charge on any atom is 0.330 e. The number of carbonyl (C=O) groups excluding carboxylic acids is 2. The number of esters is 1. The second-order valence-electron chi connectivity index (χ2n) is 10.5. The van der Waals surface area contributed by atoms with Gasteiger partial charge < -0.3 is 19.7 Å². The van der Waals surface area contributed by atoms with E-state index in [0.29, 0.717) is 6.42 Å². The van der Waals surface area contributed by atoms with Crippen LogP contribution in [-0.4, -0.2) is 51.5 Å². The van der Waals surface area contributed by atoms with Gasteiger partial charge in [-0.1, -0.05) is 44.9 Å². The molecule has 0 aromatic rings.